The molecule has 1 atom stereocenters. The molecule has 6 heteroatoms. The number of ether oxygens (including phenoxy) is 1. The fourth-order valence-corrected chi connectivity index (χ4v) is 5.08. The number of rotatable bonds is 7. The lowest BCUT2D eigenvalue weighted by atomic mass is 9.86. The van der Waals surface area contributed by atoms with Crippen LogP contribution in [-0.4, -0.2) is 41.2 Å². The van der Waals surface area contributed by atoms with Crippen molar-refractivity contribution in [3.63, 3.8) is 0 Å². The lowest BCUT2D eigenvalue weighted by Crippen LogP contribution is -2.42. The molecular weight excluding hydrogens is 448 g/mol. The monoisotopic (exact) mass is 496 g/mol. The summed E-state index contributed by atoms with van der Waals surface area (Å²) in [6.07, 6.45) is 7.67. The second-order valence-corrected chi connectivity index (χ2v) is 11.6. The molecule has 1 fully saturated rings. The molecule has 2 aliphatic rings. The number of aromatic nitrogens is 1. The maximum atomic E-state index is 12.4. The van der Waals surface area contributed by atoms with Gasteiger partial charge in [0.05, 0.1) is 12.6 Å². The number of nitrogens with two attached hydrogens (primary N) is 1. The normalized spacial score (nSPS) is 17.3. The Morgan fingerprint density at radius 2 is 1.94 bits per heavy atom. The number of H-pyrrole nitrogens is 1. The number of alkyl carbamates (subject to hydrolysis) is 1. The maximum absolute atomic E-state index is 12.4. The maximum Gasteiger partial charge on any atom is 0.407 e. The predicted molar refractivity (Wildman–Crippen MR) is 150 cm³/mol. The number of nitrogens with zero attached hydrogens (tertiary/aromatic N) is 1. The van der Waals surface area contributed by atoms with Gasteiger partial charge in [-0.3, -0.25) is 0 Å². The molecule has 1 aliphatic heterocycles. The first kappa shape index (κ1) is 28.1. The molecule has 2 aromatic rings. The van der Waals surface area contributed by atoms with Crippen LogP contribution in [0, 0.1) is 5.92 Å². The van der Waals surface area contributed by atoms with Crippen molar-refractivity contribution in [1.29, 1.82) is 0 Å². The number of aromatic amines is 1. The smallest absolute Gasteiger partial charge is 0.407 e. The number of amides is 1. The molecule has 0 bridgehead atoms. The highest BCUT2D eigenvalue weighted by atomic mass is 16.6. The van der Waals surface area contributed by atoms with E-state index in [0.29, 0.717) is 18.5 Å². The molecule has 1 saturated carbocycles. The number of allylic oxidation sites excluding steroid dienone is 1. The average Bonchev–Trinajstić information content (AvgIpc) is 3.14. The number of unbranched alkanes of at least 4 members (excludes halogenated alkanes) is 1. The van der Waals surface area contributed by atoms with E-state index in [1.54, 1.807) is 0 Å². The average molecular weight is 497 g/mol. The highest BCUT2D eigenvalue weighted by Crippen LogP contribution is 2.42. The molecule has 1 aromatic carbocycles. The van der Waals surface area contributed by atoms with Crippen molar-refractivity contribution in [1.82, 2.24) is 15.2 Å². The fourth-order valence-electron chi connectivity index (χ4n) is 5.08. The van der Waals surface area contributed by atoms with Crippen molar-refractivity contribution in [2.24, 2.45) is 11.7 Å². The zero-order valence-corrected chi connectivity index (χ0v) is 23.4. The Morgan fingerprint density at radius 3 is 2.50 bits per heavy atom. The number of benzene rings is 1. The summed E-state index contributed by atoms with van der Waals surface area (Å²) in [5, 5.41) is 4.40. The van der Waals surface area contributed by atoms with Crippen molar-refractivity contribution in [3.05, 3.63) is 46.8 Å². The Balaban J connectivity index is 0.000000658. The van der Waals surface area contributed by atoms with Crippen LogP contribution in [0.1, 0.15) is 97.4 Å². The Morgan fingerprint density at radius 1 is 1.22 bits per heavy atom. The molecule has 2 heterocycles. The second kappa shape index (κ2) is 12.7. The van der Waals surface area contributed by atoms with Crippen molar-refractivity contribution in [2.75, 3.05) is 19.6 Å². The Labute approximate surface area is 218 Å². The highest BCUT2D eigenvalue weighted by Gasteiger charge is 2.34. The van der Waals surface area contributed by atoms with E-state index < -0.39 is 5.60 Å². The van der Waals surface area contributed by atoms with Crippen LogP contribution in [0.25, 0.3) is 10.9 Å². The number of nitrogens with one attached hydrogen (secondary N) is 2. The van der Waals surface area contributed by atoms with Crippen LogP contribution in [-0.2, 0) is 11.2 Å². The molecule has 36 heavy (non-hydrogen) atoms. The summed E-state index contributed by atoms with van der Waals surface area (Å²) in [5.74, 6) is 0.580. The number of fused-ring (bicyclic) bond motifs is 3. The first-order chi connectivity index (χ1) is 17.1. The molecule has 1 aliphatic carbocycles. The molecule has 0 saturated heterocycles. The zero-order chi connectivity index (χ0) is 26.3. The molecular formula is C30H48N4O2. The molecule has 200 valence electrons. The summed E-state index contributed by atoms with van der Waals surface area (Å²) >= 11 is 0. The van der Waals surface area contributed by atoms with E-state index in [9.17, 15) is 4.79 Å². The summed E-state index contributed by atoms with van der Waals surface area (Å²) in [6.45, 7) is 14.8. The largest absolute Gasteiger partial charge is 0.444 e. The number of carbonyl (C=O) groups is 1. The van der Waals surface area contributed by atoms with Gasteiger partial charge in [-0.15, -0.1) is 0 Å². The Kier molecular flexibility index (Phi) is 9.89. The Bertz CT molecular complexity index is 1020. The van der Waals surface area contributed by atoms with Crippen molar-refractivity contribution < 1.29 is 9.53 Å². The molecule has 1 amide bonds. The summed E-state index contributed by atoms with van der Waals surface area (Å²) in [7, 11) is 0. The van der Waals surface area contributed by atoms with Crippen LogP contribution in [0.5, 0.6) is 0 Å². The van der Waals surface area contributed by atoms with E-state index in [1.165, 1.54) is 52.7 Å². The van der Waals surface area contributed by atoms with Crippen LogP contribution in [0.4, 0.5) is 4.79 Å². The van der Waals surface area contributed by atoms with E-state index in [4.69, 9.17) is 10.5 Å². The minimum atomic E-state index is -0.488. The van der Waals surface area contributed by atoms with Crippen molar-refractivity contribution in [3.8, 4) is 0 Å². The molecule has 4 N–H and O–H groups in total. The van der Waals surface area contributed by atoms with Crippen LogP contribution in [0.15, 0.2) is 35.5 Å². The summed E-state index contributed by atoms with van der Waals surface area (Å²) < 4.78 is 5.50. The summed E-state index contributed by atoms with van der Waals surface area (Å²) in [6, 6.07) is 8.96. The number of carbonyl (C=O) groups excluding carboxylic acids is 1. The van der Waals surface area contributed by atoms with Crippen molar-refractivity contribution in [2.45, 2.75) is 98.1 Å². The third kappa shape index (κ3) is 7.28. The van der Waals surface area contributed by atoms with Gasteiger partial charge >= 0.3 is 6.09 Å². The lowest BCUT2D eigenvalue weighted by molar-refractivity contribution is 0.0525. The standard InChI is InChI=1S/C26H37N3O2.C4H11N/c1-17(2)15-22-24-20(19-11-6-7-12-21(19)28-24)13-14-29(22)23(18-9-8-10-18)16-27-25(30)31-26(3,4)5;1-2-3-4-5/h6-7,11-12,17,22,28H,8-10,13-16H2,1-5H3,(H,27,30);2-5H2,1H3. The van der Waals surface area contributed by atoms with Gasteiger partial charge < -0.3 is 25.7 Å². The van der Waals surface area contributed by atoms with E-state index in [1.807, 2.05) is 20.8 Å². The first-order valence-electron chi connectivity index (χ1n) is 13.9. The van der Waals surface area contributed by atoms with E-state index in [2.05, 4.69) is 60.2 Å². The van der Waals surface area contributed by atoms with Crippen molar-refractivity contribution >= 4 is 17.0 Å². The van der Waals surface area contributed by atoms with Gasteiger partial charge in [0.25, 0.3) is 0 Å². The SMILES string of the molecule is CC(C)CC1c2[nH]c3ccccc3c2CCN1C(CNC(=O)OC(C)(C)C)=C1CCC1.CCCCN. The van der Waals surface area contributed by atoms with Crippen LogP contribution >= 0.6 is 0 Å². The summed E-state index contributed by atoms with van der Waals surface area (Å²) in [5.41, 5.74) is 11.5. The van der Waals surface area contributed by atoms with E-state index in [0.717, 1.165) is 38.8 Å². The van der Waals surface area contributed by atoms with Gasteiger partial charge in [0.1, 0.15) is 5.60 Å². The first-order valence-corrected chi connectivity index (χ1v) is 13.9. The number of hydrogen-bond acceptors (Lipinski definition) is 4. The number of para-hydroxylation sites is 1. The van der Waals surface area contributed by atoms with E-state index >= 15 is 0 Å². The third-order valence-corrected chi connectivity index (χ3v) is 6.92. The van der Waals surface area contributed by atoms with Gasteiger partial charge in [-0.25, -0.2) is 4.79 Å². The van der Waals surface area contributed by atoms with Gasteiger partial charge in [0, 0.05) is 28.8 Å². The van der Waals surface area contributed by atoms with Gasteiger partial charge in [-0.1, -0.05) is 45.4 Å². The topological polar surface area (TPSA) is 83.4 Å². The lowest BCUT2D eigenvalue weighted by Gasteiger charge is -2.42. The Hall–Kier alpha value is -2.47. The van der Waals surface area contributed by atoms with Gasteiger partial charge in [0.2, 0.25) is 0 Å². The minimum Gasteiger partial charge on any atom is -0.444 e. The molecule has 0 spiro atoms. The predicted octanol–water partition coefficient (Wildman–Crippen LogP) is 6.82. The fraction of sp³-hybridized carbons (Fsp3) is 0.633. The molecule has 4 rings (SSSR count). The van der Waals surface area contributed by atoms with Gasteiger partial charge in [-0.05, 0) is 89.0 Å². The molecule has 1 unspecified atom stereocenters. The highest BCUT2D eigenvalue weighted by molar-refractivity contribution is 5.85. The van der Waals surface area contributed by atoms with Crippen LogP contribution < -0.4 is 11.1 Å². The van der Waals surface area contributed by atoms with Crippen LogP contribution in [0.3, 0.4) is 0 Å². The van der Waals surface area contributed by atoms with Gasteiger partial charge in [-0.2, -0.15) is 0 Å². The number of hydrogen-bond donors (Lipinski definition) is 3. The third-order valence-electron chi connectivity index (χ3n) is 6.92. The van der Waals surface area contributed by atoms with Crippen LogP contribution in [0.2, 0.25) is 0 Å². The zero-order valence-electron chi connectivity index (χ0n) is 23.4. The minimum absolute atomic E-state index is 0.305. The summed E-state index contributed by atoms with van der Waals surface area (Å²) in [4.78, 5) is 18.7. The second-order valence-electron chi connectivity index (χ2n) is 11.6. The molecule has 0 radical (unpaired) electrons. The quantitative estimate of drug-likeness (QED) is 0.393. The van der Waals surface area contributed by atoms with Gasteiger partial charge in [0.15, 0.2) is 0 Å². The van der Waals surface area contributed by atoms with E-state index in [-0.39, 0.29) is 6.09 Å². The molecule has 6 nitrogen and oxygen atoms in total. The molecule has 1 aromatic heterocycles.